The Balaban J connectivity index is 1.68. The first-order chi connectivity index (χ1) is 20.6. The van der Waals surface area contributed by atoms with Crippen LogP contribution in [0.3, 0.4) is 0 Å². The van der Waals surface area contributed by atoms with Gasteiger partial charge in [0.2, 0.25) is 5.91 Å². The summed E-state index contributed by atoms with van der Waals surface area (Å²) in [7, 11) is 0. The molecule has 13 heteroatoms. The maximum absolute atomic E-state index is 13.8. The van der Waals surface area contributed by atoms with Crippen molar-refractivity contribution < 1.29 is 28.6 Å². The van der Waals surface area contributed by atoms with Crippen LogP contribution in [0.25, 0.3) is 5.65 Å². The number of ether oxygens (including phenoxy) is 3. The topological polar surface area (TPSA) is 128 Å². The molecule has 0 saturated carbocycles. The van der Waals surface area contributed by atoms with Gasteiger partial charge < -0.3 is 24.4 Å². The van der Waals surface area contributed by atoms with Crippen molar-refractivity contribution in [3.63, 3.8) is 0 Å². The number of amides is 3. The van der Waals surface area contributed by atoms with Crippen molar-refractivity contribution in [3.8, 4) is 5.75 Å². The second-order valence-electron chi connectivity index (χ2n) is 12.6. The van der Waals surface area contributed by atoms with Crippen LogP contribution in [-0.2, 0) is 20.7 Å². The van der Waals surface area contributed by atoms with Gasteiger partial charge in [0.15, 0.2) is 11.5 Å². The van der Waals surface area contributed by atoms with Crippen LogP contribution in [0.4, 0.5) is 21.1 Å². The molecule has 1 saturated heterocycles. The summed E-state index contributed by atoms with van der Waals surface area (Å²) in [5.74, 6) is 0.496. The molecular weight excluding hydrogens is 588 g/mol. The van der Waals surface area contributed by atoms with Gasteiger partial charge in [-0.2, -0.15) is 9.61 Å². The number of halogens is 1. The Morgan fingerprint density at radius 1 is 1.05 bits per heavy atom. The van der Waals surface area contributed by atoms with Gasteiger partial charge in [0.05, 0.1) is 24.9 Å². The van der Waals surface area contributed by atoms with Crippen molar-refractivity contribution in [2.24, 2.45) is 0 Å². The van der Waals surface area contributed by atoms with Crippen molar-refractivity contribution in [2.75, 3.05) is 24.6 Å². The molecule has 12 nitrogen and oxygen atoms in total. The highest BCUT2D eigenvalue weighted by molar-refractivity contribution is 6.31. The van der Waals surface area contributed by atoms with Gasteiger partial charge in [-0.3, -0.25) is 4.79 Å². The number of likely N-dealkylation sites (tertiary alicyclic amines) is 1. The van der Waals surface area contributed by atoms with E-state index in [9.17, 15) is 14.4 Å². The monoisotopic (exact) mass is 628 g/mol. The number of hydrogen-bond donors (Lipinski definition) is 1. The summed E-state index contributed by atoms with van der Waals surface area (Å²) in [5, 5.41) is 7.47. The van der Waals surface area contributed by atoms with E-state index in [-0.39, 0.29) is 34.9 Å². The Morgan fingerprint density at radius 3 is 2.36 bits per heavy atom. The van der Waals surface area contributed by atoms with E-state index in [0.29, 0.717) is 49.6 Å². The van der Waals surface area contributed by atoms with Gasteiger partial charge in [0.1, 0.15) is 22.1 Å². The fourth-order valence-corrected chi connectivity index (χ4v) is 5.06. The molecule has 0 radical (unpaired) electrons. The first-order valence-corrected chi connectivity index (χ1v) is 15.1. The molecule has 1 unspecified atom stereocenters. The van der Waals surface area contributed by atoms with E-state index in [1.165, 1.54) is 15.6 Å². The third-order valence-electron chi connectivity index (χ3n) is 6.52. The van der Waals surface area contributed by atoms with Gasteiger partial charge in [0, 0.05) is 30.8 Å². The summed E-state index contributed by atoms with van der Waals surface area (Å²) in [6.07, 6.45) is 1.61. The zero-order valence-corrected chi connectivity index (χ0v) is 27.1. The van der Waals surface area contributed by atoms with Gasteiger partial charge in [-0.05, 0) is 85.6 Å². The van der Waals surface area contributed by atoms with E-state index < -0.39 is 23.4 Å². The maximum atomic E-state index is 13.8. The number of aromatic nitrogens is 3. The van der Waals surface area contributed by atoms with E-state index in [4.69, 9.17) is 25.8 Å². The molecule has 1 fully saturated rings. The SMILES string of the molecule is CCOc1ccc(N(C(=O)OC(C)(C)C)c2c(CC(=O)NC3CCCN(C(=O)OC(C)(C)C)C3)c(Cl)nc3ccnn23)cc1. The predicted molar refractivity (Wildman–Crippen MR) is 167 cm³/mol. The summed E-state index contributed by atoms with van der Waals surface area (Å²) in [6.45, 7) is 14.0. The molecule has 1 atom stereocenters. The lowest BCUT2D eigenvalue weighted by Gasteiger charge is -2.34. The molecule has 1 aromatic carbocycles. The lowest BCUT2D eigenvalue weighted by Crippen LogP contribution is -2.51. The van der Waals surface area contributed by atoms with Crippen LogP contribution in [0.1, 0.15) is 66.9 Å². The number of nitrogens with zero attached hydrogens (tertiary/aromatic N) is 5. The molecule has 1 aliphatic rings. The fourth-order valence-electron chi connectivity index (χ4n) is 4.82. The standard InChI is InChI=1S/C31H41ClN6O6/c1-8-42-22-13-11-21(12-14-22)37(29(41)44-31(5,6)7)27-23(26(32)35-24-15-16-33-38(24)27)18-25(39)34-20-10-9-17-36(19-20)28(40)43-30(2,3)4/h11-16,20H,8-10,17-19H2,1-7H3,(H,34,39). The fraction of sp³-hybridized carbons (Fsp3) is 0.516. The highest BCUT2D eigenvalue weighted by Gasteiger charge is 2.33. The van der Waals surface area contributed by atoms with Crippen LogP contribution in [0.2, 0.25) is 5.15 Å². The third kappa shape index (κ3) is 8.31. The summed E-state index contributed by atoms with van der Waals surface area (Å²) in [6, 6.07) is 8.28. The van der Waals surface area contributed by atoms with Crippen molar-refractivity contribution >= 4 is 46.8 Å². The van der Waals surface area contributed by atoms with E-state index in [1.54, 1.807) is 56.0 Å². The largest absolute Gasteiger partial charge is 0.494 e. The highest BCUT2D eigenvalue weighted by atomic mass is 35.5. The zero-order chi connectivity index (χ0) is 32.2. The van der Waals surface area contributed by atoms with Crippen molar-refractivity contribution in [2.45, 2.75) is 85.0 Å². The summed E-state index contributed by atoms with van der Waals surface area (Å²) in [4.78, 5) is 47.4. The molecule has 2 aromatic heterocycles. The van der Waals surface area contributed by atoms with Crippen molar-refractivity contribution in [3.05, 3.63) is 47.2 Å². The highest BCUT2D eigenvalue weighted by Crippen LogP contribution is 2.35. The normalized spacial score (nSPS) is 15.5. The molecule has 0 spiro atoms. The van der Waals surface area contributed by atoms with Crippen LogP contribution < -0.4 is 15.0 Å². The third-order valence-corrected chi connectivity index (χ3v) is 6.84. The van der Waals surface area contributed by atoms with Crippen LogP contribution in [0.5, 0.6) is 5.75 Å². The molecule has 3 heterocycles. The van der Waals surface area contributed by atoms with E-state index in [2.05, 4.69) is 15.4 Å². The number of carbonyl (C=O) groups excluding carboxylic acids is 3. The summed E-state index contributed by atoms with van der Waals surface area (Å²) in [5.41, 5.74) is -0.334. The average molecular weight is 629 g/mol. The van der Waals surface area contributed by atoms with Gasteiger partial charge in [-0.15, -0.1) is 0 Å². The summed E-state index contributed by atoms with van der Waals surface area (Å²) >= 11 is 6.71. The molecule has 0 bridgehead atoms. The Hall–Kier alpha value is -4.06. The second-order valence-corrected chi connectivity index (χ2v) is 12.9. The number of benzene rings is 1. The second kappa shape index (κ2) is 13.3. The Kier molecular flexibility index (Phi) is 9.92. The number of piperidine rings is 1. The van der Waals surface area contributed by atoms with Crippen LogP contribution in [0, 0.1) is 0 Å². The minimum atomic E-state index is -0.820. The Labute approximate surface area is 262 Å². The molecule has 44 heavy (non-hydrogen) atoms. The molecular formula is C31H41ClN6O6. The predicted octanol–water partition coefficient (Wildman–Crippen LogP) is 5.91. The molecule has 3 amide bonds. The smallest absolute Gasteiger partial charge is 0.420 e. The van der Waals surface area contributed by atoms with E-state index in [0.717, 1.165) is 0 Å². The van der Waals surface area contributed by atoms with E-state index >= 15 is 0 Å². The lowest BCUT2D eigenvalue weighted by molar-refractivity contribution is -0.121. The molecule has 4 rings (SSSR count). The van der Waals surface area contributed by atoms with E-state index in [1.807, 2.05) is 27.7 Å². The van der Waals surface area contributed by atoms with Gasteiger partial charge in [0.25, 0.3) is 0 Å². The minimum absolute atomic E-state index is 0.0432. The van der Waals surface area contributed by atoms with Crippen LogP contribution in [0.15, 0.2) is 36.5 Å². The molecule has 238 valence electrons. The van der Waals surface area contributed by atoms with Gasteiger partial charge in [-0.1, -0.05) is 11.6 Å². The van der Waals surface area contributed by atoms with Gasteiger partial charge in [-0.25, -0.2) is 19.5 Å². The first kappa shape index (κ1) is 32.8. The number of nitrogens with one attached hydrogen (secondary N) is 1. The maximum Gasteiger partial charge on any atom is 0.420 e. The number of rotatable bonds is 7. The first-order valence-electron chi connectivity index (χ1n) is 14.7. The Morgan fingerprint density at radius 2 is 1.73 bits per heavy atom. The lowest BCUT2D eigenvalue weighted by atomic mass is 10.1. The summed E-state index contributed by atoms with van der Waals surface area (Å²) < 4.78 is 18.4. The van der Waals surface area contributed by atoms with Gasteiger partial charge >= 0.3 is 12.2 Å². The van der Waals surface area contributed by atoms with Crippen LogP contribution in [-0.4, -0.2) is 74.5 Å². The number of carbonyl (C=O) groups is 3. The Bertz CT molecular complexity index is 1490. The number of anilines is 2. The number of fused-ring (bicyclic) bond motifs is 1. The van der Waals surface area contributed by atoms with Crippen LogP contribution >= 0.6 is 11.6 Å². The molecule has 3 aromatic rings. The molecule has 0 aliphatic carbocycles. The van der Waals surface area contributed by atoms with Crippen molar-refractivity contribution in [1.29, 1.82) is 0 Å². The van der Waals surface area contributed by atoms with Crippen molar-refractivity contribution in [1.82, 2.24) is 24.8 Å². The minimum Gasteiger partial charge on any atom is -0.494 e. The molecule has 1 N–H and O–H groups in total. The quantitative estimate of drug-likeness (QED) is 0.320. The average Bonchev–Trinajstić information content (AvgIpc) is 3.38. The zero-order valence-electron chi connectivity index (χ0n) is 26.3. The number of hydrogen-bond acceptors (Lipinski definition) is 8. The molecule has 1 aliphatic heterocycles.